The zero-order valence-electron chi connectivity index (χ0n) is 11.2. The first-order valence-corrected chi connectivity index (χ1v) is 7.70. The van der Waals surface area contributed by atoms with Gasteiger partial charge >= 0.3 is 0 Å². The highest BCUT2D eigenvalue weighted by molar-refractivity contribution is 7.89. The van der Waals surface area contributed by atoms with Gasteiger partial charge in [-0.25, -0.2) is 13.1 Å². The van der Waals surface area contributed by atoms with Crippen LogP contribution in [-0.4, -0.2) is 26.6 Å². The largest absolute Gasteiger partial charge is 0.492 e. The van der Waals surface area contributed by atoms with Crippen LogP contribution in [0.15, 0.2) is 53.7 Å². The Morgan fingerprint density at radius 2 is 1.95 bits per heavy atom. The van der Waals surface area contributed by atoms with Crippen molar-refractivity contribution in [3.05, 3.63) is 48.8 Å². The Bertz CT molecular complexity index is 677. The number of aromatic nitrogens is 1. The van der Waals surface area contributed by atoms with E-state index in [9.17, 15) is 8.42 Å². The van der Waals surface area contributed by atoms with Crippen LogP contribution in [0.4, 0.5) is 5.69 Å². The summed E-state index contributed by atoms with van der Waals surface area (Å²) in [4.78, 5) is 3.78. The standard InChI is InChI=1S/C13H16N4O3S/c14-17-12-6-7-15-10-13(12)21(18,19)16-8-9-20-11-4-2-1-3-5-11/h1-7,10,16H,8-9,14H2,(H,15,17). The lowest BCUT2D eigenvalue weighted by Gasteiger charge is -2.11. The van der Waals surface area contributed by atoms with E-state index in [1.807, 2.05) is 18.2 Å². The second kappa shape index (κ2) is 7.02. The first-order chi connectivity index (χ1) is 10.1. The second-order valence-corrected chi connectivity index (χ2v) is 5.81. The molecule has 0 aliphatic carbocycles. The summed E-state index contributed by atoms with van der Waals surface area (Å²) in [6.45, 7) is 0.352. The molecular weight excluding hydrogens is 292 g/mol. The summed E-state index contributed by atoms with van der Waals surface area (Å²) in [6, 6.07) is 10.6. The van der Waals surface area contributed by atoms with Gasteiger partial charge in [-0.3, -0.25) is 10.8 Å². The average Bonchev–Trinajstić information content (AvgIpc) is 2.52. The zero-order chi connectivity index (χ0) is 15.1. The lowest BCUT2D eigenvalue weighted by molar-refractivity contribution is 0.323. The monoisotopic (exact) mass is 308 g/mol. The number of anilines is 1. The molecule has 21 heavy (non-hydrogen) atoms. The minimum absolute atomic E-state index is 0.00721. The molecule has 0 fully saturated rings. The minimum atomic E-state index is -3.69. The van der Waals surface area contributed by atoms with Crippen LogP contribution in [0.1, 0.15) is 0 Å². The first kappa shape index (κ1) is 15.2. The van der Waals surface area contributed by atoms with Crippen LogP contribution in [0.25, 0.3) is 0 Å². The number of hydrogen-bond acceptors (Lipinski definition) is 6. The average molecular weight is 308 g/mol. The highest BCUT2D eigenvalue weighted by atomic mass is 32.2. The first-order valence-electron chi connectivity index (χ1n) is 6.21. The summed E-state index contributed by atoms with van der Waals surface area (Å²) >= 11 is 0. The summed E-state index contributed by atoms with van der Waals surface area (Å²) in [7, 11) is -3.69. The van der Waals surface area contributed by atoms with Gasteiger partial charge in [0.2, 0.25) is 10.0 Å². The van der Waals surface area contributed by atoms with Crippen molar-refractivity contribution in [3.8, 4) is 5.75 Å². The Kier molecular flexibility index (Phi) is 5.09. The van der Waals surface area contributed by atoms with Crippen molar-refractivity contribution in [2.24, 2.45) is 5.84 Å². The number of hydrogen-bond donors (Lipinski definition) is 3. The van der Waals surface area contributed by atoms with Gasteiger partial charge in [-0.15, -0.1) is 0 Å². The Morgan fingerprint density at radius 3 is 2.67 bits per heavy atom. The van der Waals surface area contributed by atoms with E-state index in [0.29, 0.717) is 5.75 Å². The van der Waals surface area contributed by atoms with Gasteiger partial charge in [-0.2, -0.15) is 0 Å². The molecule has 2 rings (SSSR count). The fraction of sp³-hybridized carbons (Fsp3) is 0.154. The van der Waals surface area contributed by atoms with Crippen molar-refractivity contribution in [2.45, 2.75) is 4.90 Å². The lowest BCUT2D eigenvalue weighted by atomic mass is 10.3. The van der Waals surface area contributed by atoms with E-state index in [2.05, 4.69) is 15.1 Å². The van der Waals surface area contributed by atoms with Crippen molar-refractivity contribution in [1.82, 2.24) is 9.71 Å². The van der Waals surface area contributed by atoms with Gasteiger partial charge in [-0.05, 0) is 18.2 Å². The SMILES string of the molecule is NNc1ccncc1S(=O)(=O)NCCOc1ccccc1. The zero-order valence-corrected chi connectivity index (χ0v) is 12.0. The number of hydrazine groups is 1. The molecule has 1 aromatic carbocycles. The molecule has 7 nitrogen and oxygen atoms in total. The van der Waals surface area contributed by atoms with Gasteiger partial charge in [0, 0.05) is 18.9 Å². The maximum absolute atomic E-state index is 12.1. The molecule has 4 N–H and O–H groups in total. The van der Waals surface area contributed by atoms with Crippen LogP contribution in [0.3, 0.4) is 0 Å². The molecule has 0 unspecified atom stereocenters. The quantitative estimate of drug-likeness (QED) is 0.395. The van der Waals surface area contributed by atoms with Crippen LogP contribution in [0.2, 0.25) is 0 Å². The maximum Gasteiger partial charge on any atom is 0.244 e. The molecular formula is C13H16N4O3S. The van der Waals surface area contributed by atoms with Gasteiger partial charge < -0.3 is 10.2 Å². The summed E-state index contributed by atoms with van der Waals surface area (Å²) < 4.78 is 32.1. The molecule has 0 amide bonds. The molecule has 0 bridgehead atoms. The number of nitrogen functional groups attached to an aromatic ring is 1. The van der Waals surface area contributed by atoms with E-state index in [1.165, 1.54) is 18.5 Å². The predicted octanol–water partition coefficient (Wildman–Crippen LogP) is 0.724. The number of nitrogens with one attached hydrogen (secondary N) is 2. The Labute approximate surface area is 123 Å². The van der Waals surface area contributed by atoms with Crippen molar-refractivity contribution in [2.75, 3.05) is 18.6 Å². The number of pyridine rings is 1. The molecule has 0 aliphatic heterocycles. The second-order valence-electron chi connectivity index (χ2n) is 4.08. The molecule has 0 atom stereocenters. The number of sulfonamides is 1. The van der Waals surface area contributed by atoms with Crippen molar-refractivity contribution >= 4 is 15.7 Å². The number of rotatable bonds is 7. The van der Waals surface area contributed by atoms with E-state index in [0.717, 1.165) is 0 Å². The number of nitrogens with two attached hydrogens (primary N) is 1. The molecule has 1 aromatic heterocycles. The topological polar surface area (TPSA) is 106 Å². The highest BCUT2D eigenvalue weighted by Gasteiger charge is 2.17. The Balaban J connectivity index is 1.93. The van der Waals surface area contributed by atoms with Crippen molar-refractivity contribution < 1.29 is 13.2 Å². The van der Waals surface area contributed by atoms with E-state index in [1.54, 1.807) is 12.1 Å². The van der Waals surface area contributed by atoms with Gasteiger partial charge in [-0.1, -0.05) is 18.2 Å². The van der Waals surface area contributed by atoms with Crippen LogP contribution in [-0.2, 0) is 10.0 Å². The molecule has 0 aliphatic rings. The number of ether oxygens (including phenoxy) is 1. The van der Waals surface area contributed by atoms with E-state index < -0.39 is 10.0 Å². The highest BCUT2D eigenvalue weighted by Crippen LogP contribution is 2.17. The lowest BCUT2D eigenvalue weighted by Crippen LogP contribution is -2.29. The van der Waals surface area contributed by atoms with Crippen LogP contribution < -0.4 is 20.7 Å². The van der Waals surface area contributed by atoms with Gasteiger partial charge in [0.05, 0.1) is 5.69 Å². The molecule has 112 valence electrons. The van der Waals surface area contributed by atoms with Gasteiger partial charge in [0.15, 0.2) is 0 Å². The van der Waals surface area contributed by atoms with Crippen molar-refractivity contribution in [3.63, 3.8) is 0 Å². The summed E-state index contributed by atoms with van der Waals surface area (Å²) in [5, 5.41) is 0. The van der Waals surface area contributed by atoms with Crippen LogP contribution >= 0.6 is 0 Å². The third-order valence-electron chi connectivity index (χ3n) is 2.64. The van der Waals surface area contributed by atoms with Crippen molar-refractivity contribution in [1.29, 1.82) is 0 Å². The number of nitrogens with zero attached hydrogens (tertiary/aromatic N) is 1. The van der Waals surface area contributed by atoms with E-state index in [4.69, 9.17) is 10.6 Å². The number of benzene rings is 1. The molecule has 0 spiro atoms. The molecule has 0 saturated carbocycles. The third kappa shape index (κ3) is 4.15. The van der Waals surface area contributed by atoms with Crippen LogP contribution in [0.5, 0.6) is 5.75 Å². The molecule has 8 heteroatoms. The Morgan fingerprint density at radius 1 is 1.19 bits per heavy atom. The summed E-state index contributed by atoms with van der Waals surface area (Å²) in [5.74, 6) is 5.97. The molecule has 1 heterocycles. The Hall–Kier alpha value is -2.16. The molecule has 2 aromatic rings. The molecule has 0 radical (unpaired) electrons. The minimum Gasteiger partial charge on any atom is -0.492 e. The smallest absolute Gasteiger partial charge is 0.244 e. The van der Waals surface area contributed by atoms with E-state index in [-0.39, 0.29) is 23.7 Å². The predicted molar refractivity (Wildman–Crippen MR) is 79.2 cm³/mol. The third-order valence-corrected chi connectivity index (χ3v) is 4.12. The summed E-state index contributed by atoms with van der Waals surface area (Å²) in [6.07, 6.45) is 2.68. The van der Waals surface area contributed by atoms with E-state index >= 15 is 0 Å². The maximum atomic E-state index is 12.1. The normalized spacial score (nSPS) is 11.1. The summed E-state index contributed by atoms with van der Waals surface area (Å²) in [5.41, 5.74) is 2.61. The van der Waals surface area contributed by atoms with Gasteiger partial charge in [0.1, 0.15) is 17.3 Å². The fourth-order valence-electron chi connectivity index (χ4n) is 1.65. The molecule has 0 saturated heterocycles. The van der Waals surface area contributed by atoms with Crippen LogP contribution in [0, 0.1) is 0 Å². The van der Waals surface area contributed by atoms with Gasteiger partial charge in [0.25, 0.3) is 0 Å². The number of para-hydroxylation sites is 1. The fourth-order valence-corrected chi connectivity index (χ4v) is 2.78.